The van der Waals surface area contributed by atoms with E-state index in [-0.39, 0.29) is 0 Å². The van der Waals surface area contributed by atoms with Gasteiger partial charge in [0.15, 0.2) is 0 Å². The molecule has 106 valence electrons. The minimum atomic E-state index is 0.399. The van der Waals surface area contributed by atoms with Gasteiger partial charge in [0.2, 0.25) is 0 Å². The van der Waals surface area contributed by atoms with Crippen molar-refractivity contribution < 1.29 is 4.74 Å². The van der Waals surface area contributed by atoms with Gasteiger partial charge in [-0.3, -0.25) is 0 Å². The first kappa shape index (κ1) is 14.3. The highest BCUT2D eigenvalue weighted by Crippen LogP contribution is 2.24. The van der Waals surface area contributed by atoms with E-state index in [4.69, 9.17) is 4.74 Å². The average molecular weight is 254 g/mol. The number of hydrogen-bond acceptors (Lipinski definition) is 3. The van der Waals surface area contributed by atoms with Crippen LogP contribution in [0.2, 0.25) is 0 Å². The molecule has 3 nitrogen and oxygen atoms in total. The zero-order chi connectivity index (χ0) is 13.0. The van der Waals surface area contributed by atoms with E-state index in [0.717, 1.165) is 25.1 Å². The molecule has 1 aliphatic heterocycles. The minimum absolute atomic E-state index is 0.399. The largest absolute Gasteiger partial charge is 0.384 e. The molecule has 0 aromatic rings. The van der Waals surface area contributed by atoms with Gasteiger partial charge in [-0.25, -0.2) is 0 Å². The molecule has 0 aromatic carbocycles. The molecule has 3 heteroatoms. The van der Waals surface area contributed by atoms with Gasteiger partial charge in [-0.15, -0.1) is 0 Å². The van der Waals surface area contributed by atoms with Crippen LogP contribution in [0.1, 0.15) is 39.5 Å². The fourth-order valence-corrected chi connectivity index (χ4v) is 2.92. The van der Waals surface area contributed by atoms with Crippen molar-refractivity contribution in [1.82, 2.24) is 10.2 Å². The predicted octanol–water partition coefficient (Wildman–Crippen LogP) is 2.12. The van der Waals surface area contributed by atoms with E-state index >= 15 is 0 Å². The molecule has 2 aliphatic rings. The van der Waals surface area contributed by atoms with Crippen molar-refractivity contribution in [2.24, 2.45) is 11.3 Å². The highest BCUT2D eigenvalue weighted by Gasteiger charge is 2.28. The van der Waals surface area contributed by atoms with E-state index in [1.807, 2.05) is 7.11 Å². The van der Waals surface area contributed by atoms with Gasteiger partial charge in [-0.1, -0.05) is 13.8 Å². The van der Waals surface area contributed by atoms with Crippen LogP contribution in [0.4, 0.5) is 0 Å². The molecular formula is C15H30N2O. The summed E-state index contributed by atoms with van der Waals surface area (Å²) >= 11 is 0. The summed E-state index contributed by atoms with van der Waals surface area (Å²) in [5.74, 6) is 0.791. The van der Waals surface area contributed by atoms with Crippen molar-refractivity contribution >= 4 is 0 Å². The van der Waals surface area contributed by atoms with E-state index in [2.05, 4.69) is 24.1 Å². The molecule has 0 unspecified atom stereocenters. The normalized spacial score (nSPS) is 23.5. The number of nitrogens with one attached hydrogen (secondary N) is 1. The molecule has 1 aliphatic carbocycles. The molecule has 18 heavy (non-hydrogen) atoms. The average Bonchev–Trinajstić information content (AvgIpc) is 3.13. The molecule has 0 atom stereocenters. The SMILES string of the molecule is COCC1CCN(CC(C)(C)CNC2CC2)CC1. The maximum atomic E-state index is 5.26. The number of nitrogens with zero attached hydrogens (tertiary/aromatic N) is 1. The van der Waals surface area contributed by atoms with Crippen molar-refractivity contribution in [3.8, 4) is 0 Å². The number of hydrogen-bond donors (Lipinski definition) is 1. The molecule has 2 fully saturated rings. The summed E-state index contributed by atoms with van der Waals surface area (Å²) in [6.07, 6.45) is 5.39. The van der Waals surface area contributed by atoms with Crippen LogP contribution in [0.3, 0.4) is 0 Å². The molecule has 0 amide bonds. The monoisotopic (exact) mass is 254 g/mol. The van der Waals surface area contributed by atoms with Crippen LogP contribution in [0.25, 0.3) is 0 Å². The first-order chi connectivity index (χ1) is 8.59. The summed E-state index contributed by atoms with van der Waals surface area (Å²) in [5.41, 5.74) is 0.399. The van der Waals surface area contributed by atoms with Gasteiger partial charge in [0.05, 0.1) is 0 Å². The second kappa shape index (κ2) is 6.36. The van der Waals surface area contributed by atoms with E-state index in [9.17, 15) is 0 Å². The Morgan fingerprint density at radius 3 is 2.39 bits per heavy atom. The second-order valence-corrected chi connectivity index (χ2v) is 6.99. The molecule has 1 saturated carbocycles. The number of piperidine rings is 1. The number of methoxy groups -OCH3 is 1. The molecule has 1 N–H and O–H groups in total. The van der Waals surface area contributed by atoms with Gasteiger partial charge >= 0.3 is 0 Å². The molecule has 2 rings (SSSR count). The Balaban J connectivity index is 1.65. The van der Waals surface area contributed by atoms with Crippen LogP contribution in [-0.4, -0.2) is 50.8 Å². The topological polar surface area (TPSA) is 24.5 Å². The summed E-state index contributed by atoms with van der Waals surface area (Å²) in [7, 11) is 1.82. The molecular weight excluding hydrogens is 224 g/mol. The van der Waals surface area contributed by atoms with Crippen molar-refractivity contribution in [2.45, 2.75) is 45.6 Å². The van der Waals surface area contributed by atoms with Crippen molar-refractivity contribution in [3.63, 3.8) is 0 Å². The van der Waals surface area contributed by atoms with Gasteiger partial charge in [-0.05, 0) is 50.1 Å². The van der Waals surface area contributed by atoms with Gasteiger partial charge in [0.25, 0.3) is 0 Å². The lowest BCUT2D eigenvalue weighted by atomic mass is 9.90. The second-order valence-electron chi connectivity index (χ2n) is 6.99. The van der Waals surface area contributed by atoms with E-state index in [1.54, 1.807) is 0 Å². The third-order valence-electron chi connectivity index (χ3n) is 4.21. The minimum Gasteiger partial charge on any atom is -0.384 e. The third kappa shape index (κ3) is 4.87. The van der Waals surface area contributed by atoms with Crippen molar-refractivity contribution in [2.75, 3.05) is 39.9 Å². The zero-order valence-electron chi connectivity index (χ0n) is 12.4. The lowest BCUT2D eigenvalue weighted by molar-refractivity contribution is 0.0808. The Hall–Kier alpha value is -0.120. The van der Waals surface area contributed by atoms with Crippen LogP contribution in [0.5, 0.6) is 0 Å². The van der Waals surface area contributed by atoms with Crippen LogP contribution < -0.4 is 5.32 Å². The first-order valence-electron chi connectivity index (χ1n) is 7.54. The quantitative estimate of drug-likeness (QED) is 0.753. The Morgan fingerprint density at radius 2 is 1.83 bits per heavy atom. The standard InChI is InChI=1S/C15H30N2O/c1-15(2,11-16-14-4-5-14)12-17-8-6-13(7-9-17)10-18-3/h13-14,16H,4-12H2,1-3H3. The summed E-state index contributed by atoms with van der Waals surface area (Å²) in [4.78, 5) is 2.64. The van der Waals surface area contributed by atoms with Crippen molar-refractivity contribution in [3.05, 3.63) is 0 Å². The fourth-order valence-electron chi connectivity index (χ4n) is 2.92. The van der Waals surface area contributed by atoms with Gasteiger partial charge in [0, 0.05) is 32.8 Å². The fraction of sp³-hybridized carbons (Fsp3) is 1.00. The highest BCUT2D eigenvalue weighted by atomic mass is 16.5. The van der Waals surface area contributed by atoms with Crippen LogP contribution in [0, 0.1) is 11.3 Å². The van der Waals surface area contributed by atoms with E-state index < -0.39 is 0 Å². The smallest absolute Gasteiger partial charge is 0.0491 e. The van der Waals surface area contributed by atoms with Gasteiger partial charge in [0.1, 0.15) is 0 Å². The Labute approximate surface area is 112 Å². The van der Waals surface area contributed by atoms with E-state index in [1.165, 1.54) is 45.3 Å². The third-order valence-corrected chi connectivity index (χ3v) is 4.21. The number of ether oxygens (including phenoxy) is 1. The Bertz CT molecular complexity index is 243. The van der Waals surface area contributed by atoms with Gasteiger partial charge in [-0.2, -0.15) is 0 Å². The Kier molecular flexibility index (Phi) is 5.05. The molecule has 1 saturated heterocycles. The first-order valence-corrected chi connectivity index (χ1v) is 7.54. The molecule has 0 spiro atoms. The lowest BCUT2D eigenvalue weighted by Crippen LogP contribution is -2.44. The lowest BCUT2D eigenvalue weighted by Gasteiger charge is -2.37. The van der Waals surface area contributed by atoms with E-state index in [0.29, 0.717) is 5.41 Å². The summed E-state index contributed by atoms with van der Waals surface area (Å²) in [5, 5.41) is 3.67. The number of likely N-dealkylation sites (tertiary alicyclic amines) is 1. The van der Waals surface area contributed by atoms with Crippen molar-refractivity contribution in [1.29, 1.82) is 0 Å². The molecule has 0 aromatic heterocycles. The highest BCUT2D eigenvalue weighted by molar-refractivity contribution is 4.86. The summed E-state index contributed by atoms with van der Waals surface area (Å²) < 4.78 is 5.26. The molecule has 0 radical (unpaired) electrons. The van der Waals surface area contributed by atoms with Crippen LogP contribution in [0.15, 0.2) is 0 Å². The maximum Gasteiger partial charge on any atom is 0.0491 e. The Morgan fingerprint density at radius 1 is 1.17 bits per heavy atom. The number of rotatable bonds is 7. The molecule has 0 bridgehead atoms. The van der Waals surface area contributed by atoms with Crippen LogP contribution >= 0.6 is 0 Å². The maximum absolute atomic E-state index is 5.26. The summed E-state index contributed by atoms with van der Waals surface area (Å²) in [6, 6.07) is 0.830. The molecule has 1 heterocycles. The van der Waals surface area contributed by atoms with Crippen LogP contribution in [-0.2, 0) is 4.74 Å². The zero-order valence-corrected chi connectivity index (χ0v) is 12.4. The predicted molar refractivity (Wildman–Crippen MR) is 75.8 cm³/mol. The summed E-state index contributed by atoms with van der Waals surface area (Å²) in [6.45, 7) is 10.6. The van der Waals surface area contributed by atoms with Gasteiger partial charge < -0.3 is 15.0 Å².